The topological polar surface area (TPSA) is 122 Å². The summed E-state index contributed by atoms with van der Waals surface area (Å²) in [6, 6.07) is 5.55. The Labute approximate surface area is 225 Å². The van der Waals surface area contributed by atoms with E-state index in [1.807, 2.05) is 32.0 Å². The second-order valence-electron chi connectivity index (χ2n) is 12.2. The van der Waals surface area contributed by atoms with E-state index in [9.17, 15) is 19.8 Å². The minimum Gasteiger partial charge on any atom is -0.457 e. The van der Waals surface area contributed by atoms with Crippen LogP contribution in [-0.2, 0) is 19.1 Å². The number of carbonyl (C=O) groups is 2. The van der Waals surface area contributed by atoms with Gasteiger partial charge in [0, 0.05) is 19.3 Å². The van der Waals surface area contributed by atoms with Gasteiger partial charge in [0.1, 0.15) is 17.4 Å². The van der Waals surface area contributed by atoms with Crippen LogP contribution in [0, 0.1) is 24.2 Å². The number of rotatable bonds is 3. The average molecular weight is 530 g/mol. The zero-order valence-corrected chi connectivity index (χ0v) is 23.5. The monoisotopic (exact) mass is 529 g/mol. The summed E-state index contributed by atoms with van der Waals surface area (Å²) in [5, 5.41) is 22.2. The van der Waals surface area contributed by atoms with Crippen LogP contribution >= 0.6 is 0 Å². The van der Waals surface area contributed by atoms with Gasteiger partial charge in [0.25, 0.3) is 0 Å². The molecule has 1 aromatic heterocycles. The van der Waals surface area contributed by atoms with E-state index in [1.165, 1.54) is 0 Å². The minimum atomic E-state index is -1.25. The third kappa shape index (κ3) is 5.97. The fourth-order valence-corrected chi connectivity index (χ4v) is 5.89. The first-order valence-electron chi connectivity index (χ1n) is 14.0. The number of benzene rings is 1. The van der Waals surface area contributed by atoms with Crippen LogP contribution in [0.5, 0.6) is 0 Å². The molecular formula is C30H43NO7. The molecule has 0 bridgehead atoms. The highest BCUT2D eigenvalue weighted by Gasteiger charge is 2.53. The van der Waals surface area contributed by atoms with Crippen molar-refractivity contribution in [1.82, 2.24) is 4.98 Å². The highest BCUT2D eigenvalue weighted by atomic mass is 16.6. The number of oxazole rings is 1. The van der Waals surface area contributed by atoms with Crippen LogP contribution in [0.3, 0.4) is 0 Å². The molecule has 1 aromatic carbocycles. The zero-order chi connectivity index (χ0) is 27.8. The quantitative estimate of drug-likeness (QED) is 0.410. The number of ether oxygens (including phenoxy) is 2. The SMILES string of the molecule is CCC[C@H]1C(=O)C(C)(C)[C@@H](O)CC(=O)O[C@H](c2ccc3oc(C)nc3c2)C[C@@H]2O[C@]2(C)CCC[C@H](C)[C@@H]1O. The van der Waals surface area contributed by atoms with Gasteiger partial charge in [0.05, 0.1) is 35.7 Å². The number of aliphatic hydroxyl groups is 2. The second kappa shape index (κ2) is 11.1. The lowest BCUT2D eigenvalue weighted by molar-refractivity contribution is -0.156. The Balaban J connectivity index is 1.62. The molecule has 0 saturated carbocycles. The maximum absolute atomic E-state index is 13.6. The number of aromatic nitrogens is 1. The molecule has 0 spiro atoms. The molecule has 7 atom stereocenters. The molecule has 8 nitrogen and oxygen atoms in total. The number of hydrogen-bond acceptors (Lipinski definition) is 8. The Morgan fingerprint density at radius 1 is 1.16 bits per heavy atom. The Kier molecular flexibility index (Phi) is 8.36. The van der Waals surface area contributed by atoms with E-state index in [2.05, 4.69) is 11.9 Å². The van der Waals surface area contributed by atoms with Crippen molar-refractivity contribution in [2.45, 2.75) is 117 Å². The molecular weight excluding hydrogens is 486 g/mol. The predicted octanol–water partition coefficient (Wildman–Crippen LogP) is 5.21. The van der Waals surface area contributed by atoms with Gasteiger partial charge in [-0.25, -0.2) is 4.98 Å². The lowest BCUT2D eigenvalue weighted by Gasteiger charge is -2.36. The molecule has 2 N–H and O–H groups in total. The third-order valence-electron chi connectivity index (χ3n) is 8.72. The van der Waals surface area contributed by atoms with Crippen molar-refractivity contribution in [3.05, 3.63) is 29.7 Å². The van der Waals surface area contributed by atoms with Crippen LogP contribution < -0.4 is 0 Å². The van der Waals surface area contributed by atoms with Crippen molar-refractivity contribution >= 4 is 22.9 Å². The van der Waals surface area contributed by atoms with Gasteiger partial charge in [-0.1, -0.05) is 46.6 Å². The summed E-state index contributed by atoms with van der Waals surface area (Å²) in [5.74, 6) is -0.926. The Morgan fingerprint density at radius 2 is 1.89 bits per heavy atom. The van der Waals surface area contributed by atoms with Gasteiger partial charge in [0.2, 0.25) is 0 Å². The van der Waals surface area contributed by atoms with Gasteiger partial charge in [-0.3, -0.25) is 9.59 Å². The maximum Gasteiger partial charge on any atom is 0.309 e. The van der Waals surface area contributed by atoms with Crippen LogP contribution in [0.1, 0.15) is 97.1 Å². The average Bonchev–Trinajstić information content (AvgIpc) is 3.32. The van der Waals surface area contributed by atoms with Gasteiger partial charge < -0.3 is 24.1 Å². The molecule has 0 amide bonds. The van der Waals surface area contributed by atoms with Gasteiger partial charge in [-0.05, 0) is 49.8 Å². The van der Waals surface area contributed by atoms with E-state index in [0.29, 0.717) is 29.8 Å². The summed E-state index contributed by atoms with van der Waals surface area (Å²) in [5.41, 5.74) is 0.571. The summed E-state index contributed by atoms with van der Waals surface area (Å²) in [6.45, 7) is 11.1. The number of ketones is 1. The largest absolute Gasteiger partial charge is 0.457 e. The molecule has 8 heteroatoms. The van der Waals surface area contributed by atoms with Crippen LogP contribution in [0.2, 0.25) is 0 Å². The molecule has 0 unspecified atom stereocenters. The van der Waals surface area contributed by atoms with Gasteiger partial charge in [-0.2, -0.15) is 0 Å². The normalized spacial score (nSPS) is 35.1. The summed E-state index contributed by atoms with van der Waals surface area (Å²) in [7, 11) is 0. The molecule has 4 rings (SSSR count). The van der Waals surface area contributed by atoms with Crippen LogP contribution in [0.4, 0.5) is 0 Å². The Hall–Kier alpha value is -2.29. The van der Waals surface area contributed by atoms with E-state index in [4.69, 9.17) is 13.9 Å². The highest BCUT2D eigenvalue weighted by Crippen LogP contribution is 2.47. The first-order valence-corrected chi connectivity index (χ1v) is 14.0. The Morgan fingerprint density at radius 3 is 2.61 bits per heavy atom. The van der Waals surface area contributed by atoms with Crippen molar-refractivity contribution in [1.29, 1.82) is 0 Å². The van der Waals surface area contributed by atoms with Gasteiger partial charge in [-0.15, -0.1) is 0 Å². The number of Topliss-reactive ketones (excluding diaryl/α,β-unsaturated/α-hetero) is 1. The maximum atomic E-state index is 13.6. The number of aryl methyl sites for hydroxylation is 1. The smallest absolute Gasteiger partial charge is 0.309 e. The molecule has 0 radical (unpaired) electrons. The molecule has 2 aliphatic rings. The highest BCUT2D eigenvalue weighted by molar-refractivity contribution is 5.88. The first kappa shape index (κ1) is 28.7. The number of aliphatic hydroxyl groups excluding tert-OH is 2. The third-order valence-corrected chi connectivity index (χ3v) is 8.72. The summed E-state index contributed by atoms with van der Waals surface area (Å²) < 4.78 is 17.7. The van der Waals surface area contributed by atoms with Crippen molar-refractivity contribution < 1.29 is 33.7 Å². The van der Waals surface area contributed by atoms with E-state index in [-0.39, 0.29) is 29.8 Å². The van der Waals surface area contributed by atoms with E-state index in [0.717, 1.165) is 31.2 Å². The van der Waals surface area contributed by atoms with Crippen molar-refractivity contribution in [2.24, 2.45) is 17.3 Å². The number of carbonyl (C=O) groups excluding carboxylic acids is 2. The predicted molar refractivity (Wildman–Crippen MR) is 142 cm³/mol. The molecule has 2 aromatic rings. The molecule has 38 heavy (non-hydrogen) atoms. The van der Waals surface area contributed by atoms with Crippen molar-refractivity contribution in [3.63, 3.8) is 0 Å². The summed E-state index contributed by atoms with van der Waals surface area (Å²) >= 11 is 0. The minimum absolute atomic E-state index is 0.0764. The molecule has 3 heterocycles. The van der Waals surface area contributed by atoms with Crippen molar-refractivity contribution in [3.8, 4) is 0 Å². The lowest BCUT2D eigenvalue weighted by atomic mass is 9.71. The van der Waals surface area contributed by atoms with Crippen LogP contribution in [-0.4, -0.2) is 50.9 Å². The molecule has 2 aliphatic heterocycles. The number of epoxide rings is 1. The van der Waals surface area contributed by atoms with Crippen LogP contribution in [0.25, 0.3) is 11.1 Å². The molecule has 210 valence electrons. The zero-order valence-electron chi connectivity index (χ0n) is 23.5. The summed E-state index contributed by atoms with van der Waals surface area (Å²) in [4.78, 5) is 31.2. The van der Waals surface area contributed by atoms with E-state index < -0.39 is 35.6 Å². The lowest BCUT2D eigenvalue weighted by Crippen LogP contribution is -2.46. The van der Waals surface area contributed by atoms with Crippen LogP contribution in [0.15, 0.2) is 22.6 Å². The number of esters is 1. The Bertz CT molecular complexity index is 1160. The number of nitrogens with zero attached hydrogens (tertiary/aromatic N) is 1. The van der Waals surface area contributed by atoms with Gasteiger partial charge in [0.15, 0.2) is 11.5 Å². The standard InChI is InChI=1S/C30H43NO7/c1-7-9-20-27(34)17(2)10-8-13-30(6)25(38-30)15-23(19-11-12-22-21(14-19)31-18(3)36-22)37-26(33)16-24(32)29(4,5)28(20)35/h11-12,14,17,20,23-25,27,32,34H,7-10,13,15-16H2,1-6H3/t17-,20+,23-,24-,25-,27-,30+/m0/s1. The number of cyclic esters (lactones) is 1. The molecule has 0 aliphatic carbocycles. The molecule has 2 fully saturated rings. The number of fused-ring (bicyclic) bond motifs is 2. The number of hydrogen-bond donors (Lipinski definition) is 2. The fourth-order valence-electron chi connectivity index (χ4n) is 5.89. The second-order valence-corrected chi connectivity index (χ2v) is 12.2. The van der Waals surface area contributed by atoms with E-state index >= 15 is 0 Å². The van der Waals surface area contributed by atoms with Gasteiger partial charge >= 0.3 is 5.97 Å². The fraction of sp³-hybridized carbons (Fsp3) is 0.700. The molecule has 2 saturated heterocycles. The van der Waals surface area contributed by atoms with Crippen molar-refractivity contribution in [2.75, 3.05) is 0 Å². The first-order chi connectivity index (χ1) is 17.9. The summed E-state index contributed by atoms with van der Waals surface area (Å²) in [6.07, 6.45) is 1.10. The van der Waals surface area contributed by atoms with E-state index in [1.54, 1.807) is 20.8 Å².